The Kier molecular flexibility index (Phi) is 6.32. The molecular formula is C18H22ClN5O6. The normalized spacial score (nSPS) is 22.7. The Morgan fingerprint density at radius 1 is 1.37 bits per heavy atom. The number of nitrogens with one attached hydrogen (secondary N) is 2. The predicted octanol–water partition coefficient (Wildman–Crippen LogP) is -0.310. The third-order valence-electron chi connectivity index (χ3n) is 4.74. The number of hydrogen-bond acceptors (Lipinski definition) is 8. The maximum Gasteiger partial charge on any atom is 0.325 e. The first-order valence-electron chi connectivity index (χ1n) is 9.15. The summed E-state index contributed by atoms with van der Waals surface area (Å²) >= 11 is 5.83. The smallest absolute Gasteiger partial charge is 0.325 e. The minimum absolute atomic E-state index is 0.0810. The fraction of sp³-hybridized carbons (Fsp3) is 0.444. The van der Waals surface area contributed by atoms with Gasteiger partial charge >= 0.3 is 12.0 Å². The first-order valence-corrected chi connectivity index (χ1v) is 9.53. The van der Waals surface area contributed by atoms with Gasteiger partial charge in [0.1, 0.15) is 24.5 Å². The Hall–Kier alpha value is -3.05. The van der Waals surface area contributed by atoms with Gasteiger partial charge in [-0.05, 0) is 31.2 Å². The minimum Gasteiger partial charge on any atom is -0.491 e. The van der Waals surface area contributed by atoms with Gasteiger partial charge < -0.3 is 30.1 Å². The Balaban J connectivity index is 1.73. The molecule has 0 radical (unpaired) electrons. The van der Waals surface area contributed by atoms with Gasteiger partial charge in [-0.25, -0.2) is 9.79 Å². The number of benzene rings is 1. The van der Waals surface area contributed by atoms with Crippen molar-refractivity contribution in [2.24, 2.45) is 4.99 Å². The fourth-order valence-electron chi connectivity index (χ4n) is 3.10. The number of aliphatic imine (C=N–C) groups is 1. The van der Waals surface area contributed by atoms with E-state index in [9.17, 15) is 24.6 Å². The van der Waals surface area contributed by atoms with E-state index in [4.69, 9.17) is 16.3 Å². The van der Waals surface area contributed by atoms with Crippen molar-refractivity contribution in [3.8, 4) is 5.75 Å². The van der Waals surface area contributed by atoms with Gasteiger partial charge in [0, 0.05) is 12.1 Å². The molecule has 3 amide bonds. The number of urea groups is 1. The Bertz CT molecular complexity index is 863. The van der Waals surface area contributed by atoms with Gasteiger partial charge in [0.25, 0.3) is 5.91 Å². The number of rotatable bonds is 7. The van der Waals surface area contributed by atoms with E-state index in [0.29, 0.717) is 10.8 Å². The van der Waals surface area contributed by atoms with Crippen LogP contribution in [0.5, 0.6) is 5.75 Å². The first kappa shape index (κ1) is 21.7. The van der Waals surface area contributed by atoms with Crippen molar-refractivity contribution in [2.45, 2.75) is 31.3 Å². The number of ether oxygens (including phenoxy) is 1. The molecular weight excluding hydrogens is 418 g/mol. The molecule has 0 aliphatic carbocycles. The number of carboxylic acids is 1. The van der Waals surface area contributed by atoms with Gasteiger partial charge in [-0.1, -0.05) is 11.6 Å². The van der Waals surface area contributed by atoms with Gasteiger partial charge in [0.2, 0.25) is 0 Å². The molecule has 12 heteroatoms. The molecule has 0 saturated carbocycles. The lowest BCUT2D eigenvalue weighted by Gasteiger charge is -2.37. The molecule has 4 unspecified atom stereocenters. The molecule has 1 saturated heterocycles. The molecule has 11 nitrogen and oxygen atoms in total. The Morgan fingerprint density at radius 2 is 2.03 bits per heavy atom. The molecule has 1 fully saturated rings. The lowest BCUT2D eigenvalue weighted by molar-refractivity contribution is -0.138. The predicted molar refractivity (Wildman–Crippen MR) is 106 cm³/mol. The minimum atomic E-state index is -1.12. The number of fused-ring (bicyclic) bond motifs is 1. The number of nitrogens with zero attached hydrogens (tertiary/aromatic N) is 3. The average Bonchev–Trinajstić information content (AvgIpc) is 3.04. The summed E-state index contributed by atoms with van der Waals surface area (Å²) in [4.78, 5) is 42.6. The zero-order valence-corrected chi connectivity index (χ0v) is 17.0. The van der Waals surface area contributed by atoms with Crippen molar-refractivity contribution < 1.29 is 29.3 Å². The van der Waals surface area contributed by atoms with Gasteiger partial charge in [0.05, 0.1) is 6.54 Å². The number of likely N-dealkylation sites (N-methyl/N-ethyl adjacent to an activating group) is 1. The highest BCUT2D eigenvalue weighted by molar-refractivity contribution is 6.30. The van der Waals surface area contributed by atoms with Crippen molar-refractivity contribution in [3.63, 3.8) is 0 Å². The summed E-state index contributed by atoms with van der Waals surface area (Å²) < 4.78 is 5.53. The summed E-state index contributed by atoms with van der Waals surface area (Å²) in [6, 6.07) is 4.08. The van der Waals surface area contributed by atoms with Crippen molar-refractivity contribution in [2.75, 3.05) is 20.2 Å². The molecule has 1 aromatic carbocycles. The summed E-state index contributed by atoms with van der Waals surface area (Å²) in [6.45, 7) is 1.25. The highest BCUT2D eigenvalue weighted by atomic mass is 35.5. The Morgan fingerprint density at radius 3 is 2.67 bits per heavy atom. The number of aliphatic hydroxyl groups is 1. The molecule has 0 bridgehead atoms. The van der Waals surface area contributed by atoms with Crippen LogP contribution in [0, 0.1) is 0 Å². The van der Waals surface area contributed by atoms with Crippen LogP contribution in [-0.4, -0.2) is 88.4 Å². The second-order valence-corrected chi connectivity index (χ2v) is 7.43. The van der Waals surface area contributed by atoms with Crippen LogP contribution in [0.15, 0.2) is 29.3 Å². The summed E-state index contributed by atoms with van der Waals surface area (Å²) in [5, 5.41) is 25.2. The summed E-state index contributed by atoms with van der Waals surface area (Å²) in [5.41, 5.74) is 0. The number of guanidine groups is 1. The Labute approximate surface area is 177 Å². The highest BCUT2D eigenvalue weighted by Crippen LogP contribution is 2.24. The zero-order valence-electron chi connectivity index (χ0n) is 16.3. The molecule has 30 heavy (non-hydrogen) atoms. The van der Waals surface area contributed by atoms with E-state index in [1.54, 1.807) is 24.3 Å². The summed E-state index contributed by atoms with van der Waals surface area (Å²) in [6.07, 6.45) is -1.89. The van der Waals surface area contributed by atoms with E-state index in [0.717, 1.165) is 0 Å². The standard InChI is InChI=1S/C18H22ClN5O6/c1-9(16(27)28)20-17-21-14-13(15(26)22-18(29)23(14)2)24(17)7-11(25)8-30-12-5-3-10(19)4-6-12/h3-6,9,11,13-14,25H,7-8H2,1-2H3,(H,20,21)(H,27,28)(H,22,26,29). The van der Waals surface area contributed by atoms with Crippen LogP contribution in [0.3, 0.4) is 0 Å². The molecule has 3 rings (SSSR count). The number of carbonyl (C=O) groups is 3. The van der Waals surface area contributed by atoms with Crippen LogP contribution in [0.2, 0.25) is 5.02 Å². The zero-order chi connectivity index (χ0) is 22.0. The summed E-state index contributed by atoms with van der Waals surface area (Å²) in [7, 11) is 1.48. The largest absolute Gasteiger partial charge is 0.491 e. The number of β-amino-alcohol motifs (C(OH)–C–C–N with tert-alkyl or cyclic N) is 1. The van der Waals surface area contributed by atoms with E-state index >= 15 is 0 Å². The molecule has 0 aromatic heterocycles. The van der Waals surface area contributed by atoms with Crippen molar-refractivity contribution in [3.05, 3.63) is 29.3 Å². The van der Waals surface area contributed by atoms with E-state index in [-0.39, 0.29) is 19.1 Å². The fourth-order valence-corrected chi connectivity index (χ4v) is 3.23. The van der Waals surface area contributed by atoms with Crippen molar-refractivity contribution in [1.29, 1.82) is 0 Å². The quantitative estimate of drug-likeness (QED) is 0.453. The van der Waals surface area contributed by atoms with Gasteiger partial charge in [0.15, 0.2) is 18.2 Å². The molecule has 4 N–H and O–H groups in total. The van der Waals surface area contributed by atoms with E-state index in [1.165, 1.54) is 23.8 Å². The van der Waals surface area contributed by atoms with Gasteiger partial charge in [-0.15, -0.1) is 0 Å². The number of carboxylic acid groups (broad SMARTS) is 1. The third-order valence-corrected chi connectivity index (χ3v) is 4.99. The monoisotopic (exact) mass is 439 g/mol. The number of amides is 3. The topological polar surface area (TPSA) is 144 Å². The number of carbonyl (C=O) groups excluding carboxylic acids is 2. The third kappa shape index (κ3) is 4.57. The van der Waals surface area contributed by atoms with Crippen LogP contribution in [0.25, 0.3) is 0 Å². The van der Waals surface area contributed by atoms with E-state index < -0.39 is 42.3 Å². The SMILES string of the molecule is CC(NC1=NC2C(C(=O)NC(=O)N2C)N1CC(O)COc1ccc(Cl)cc1)C(=O)O. The van der Waals surface area contributed by atoms with Crippen LogP contribution in [0.1, 0.15) is 6.92 Å². The summed E-state index contributed by atoms with van der Waals surface area (Å²) in [5.74, 6) is -1.10. The lowest BCUT2D eigenvalue weighted by Crippen LogP contribution is -2.65. The average molecular weight is 440 g/mol. The van der Waals surface area contributed by atoms with Crippen LogP contribution >= 0.6 is 11.6 Å². The lowest BCUT2D eigenvalue weighted by atomic mass is 10.1. The van der Waals surface area contributed by atoms with Crippen molar-refractivity contribution >= 4 is 35.5 Å². The number of aliphatic hydroxyl groups excluding tert-OH is 1. The number of imide groups is 1. The number of hydrogen-bond donors (Lipinski definition) is 4. The maximum absolute atomic E-state index is 12.5. The molecule has 4 atom stereocenters. The number of aliphatic carboxylic acids is 1. The molecule has 2 heterocycles. The highest BCUT2D eigenvalue weighted by Gasteiger charge is 2.49. The van der Waals surface area contributed by atoms with Crippen LogP contribution < -0.4 is 15.4 Å². The second-order valence-electron chi connectivity index (χ2n) is 6.99. The molecule has 162 valence electrons. The number of halogens is 1. The molecule has 2 aliphatic rings. The van der Waals surface area contributed by atoms with Crippen LogP contribution in [-0.2, 0) is 9.59 Å². The maximum atomic E-state index is 12.5. The van der Waals surface area contributed by atoms with Gasteiger partial charge in [-0.3, -0.25) is 14.9 Å². The van der Waals surface area contributed by atoms with E-state index in [2.05, 4.69) is 15.6 Å². The van der Waals surface area contributed by atoms with E-state index in [1.807, 2.05) is 0 Å². The van der Waals surface area contributed by atoms with Gasteiger partial charge in [-0.2, -0.15) is 0 Å². The second kappa shape index (κ2) is 8.76. The first-order chi connectivity index (χ1) is 14.2. The molecule has 1 aromatic rings. The van der Waals surface area contributed by atoms with Crippen LogP contribution in [0.4, 0.5) is 4.79 Å². The van der Waals surface area contributed by atoms with Crippen molar-refractivity contribution in [1.82, 2.24) is 20.4 Å². The molecule has 2 aliphatic heterocycles. The molecule has 0 spiro atoms.